The summed E-state index contributed by atoms with van der Waals surface area (Å²) in [5.41, 5.74) is -0.745. The fraction of sp³-hybridized carbons (Fsp3) is 0.280. The number of fused-ring (bicyclic) bond motifs is 1. The van der Waals surface area contributed by atoms with Crippen LogP contribution in [-0.2, 0) is 20.8 Å². The molecular weight excluding hydrogens is 546 g/mol. The largest absolute Gasteiger partial charge is 0.547 e. The van der Waals surface area contributed by atoms with E-state index in [0.29, 0.717) is 10.5 Å². The molecule has 16 heteroatoms. The Hall–Kier alpha value is -4.99. The van der Waals surface area contributed by atoms with Crippen molar-refractivity contribution < 1.29 is 53.0 Å². The zero-order valence-electron chi connectivity index (χ0n) is 21.5. The van der Waals surface area contributed by atoms with Crippen molar-refractivity contribution in [1.29, 1.82) is 0 Å². The summed E-state index contributed by atoms with van der Waals surface area (Å²) in [7, 11) is -1.71. The van der Waals surface area contributed by atoms with Crippen LogP contribution in [-0.4, -0.2) is 93.4 Å². The van der Waals surface area contributed by atoms with Crippen LogP contribution in [0.3, 0.4) is 0 Å². The number of aromatic carboxylic acids is 2. The van der Waals surface area contributed by atoms with Crippen molar-refractivity contribution in [3.8, 4) is 5.75 Å². The summed E-state index contributed by atoms with van der Waals surface area (Å²) in [5.74, 6) is -8.37. The molecule has 41 heavy (non-hydrogen) atoms. The molecule has 214 valence electrons. The van der Waals surface area contributed by atoms with Crippen molar-refractivity contribution in [2.45, 2.75) is 25.3 Å². The Morgan fingerprint density at radius 1 is 1.07 bits per heavy atom. The molecule has 2 atom stereocenters. The lowest BCUT2D eigenvalue weighted by Crippen LogP contribution is -2.60. The van der Waals surface area contributed by atoms with Crippen LogP contribution in [0.1, 0.15) is 44.8 Å². The molecule has 0 aliphatic carbocycles. The first-order valence-electron chi connectivity index (χ1n) is 12.4. The first kappa shape index (κ1) is 29.0. The number of hydrogen-bond acceptors (Lipinski definition) is 8. The average Bonchev–Trinajstić information content (AvgIpc) is 2.92. The van der Waals surface area contributed by atoms with Crippen LogP contribution in [0.5, 0.6) is 5.75 Å². The molecule has 1 saturated heterocycles. The third kappa shape index (κ3) is 5.81. The second kappa shape index (κ2) is 11.6. The molecule has 0 spiro atoms. The normalized spacial score (nSPS) is 17.3. The number of carboxylic acids is 2. The van der Waals surface area contributed by atoms with Gasteiger partial charge >= 0.3 is 36.9 Å². The topological polar surface area (TPSA) is 203 Å². The summed E-state index contributed by atoms with van der Waals surface area (Å²) in [6, 6.07) is 4.10. The van der Waals surface area contributed by atoms with E-state index in [9.17, 15) is 43.3 Å². The highest BCUT2D eigenvalue weighted by Gasteiger charge is 2.41. The fourth-order valence-corrected chi connectivity index (χ4v) is 4.54. The number of para-hydroxylation sites is 1. The summed E-state index contributed by atoms with van der Waals surface area (Å²) >= 11 is 0. The minimum Gasteiger partial charge on any atom is -0.534 e. The Balaban J connectivity index is 1.61. The van der Waals surface area contributed by atoms with Gasteiger partial charge in [-0.25, -0.2) is 18.8 Å². The van der Waals surface area contributed by atoms with Gasteiger partial charge in [0.1, 0.15) is 17.6 Å². The second-order valence-electron chi connectivity index (χ2n) is 9.20. The number of benzene rings is 2. The first-order chi connectivity index (χ1) is 19.4. The van der Waals surface area contributed by atoms with Crippen LogP contribution < -0.4 is 15.3 Å². The first-order valence-corrected chi connectivity index (χ1v) is 12.4. The highest BCUT2D eigenvalue weighted by atomic mass is 19.1. The monoisotopic (exact) mass is 570 g/mol. The van der Waals surface area contributed by atoms with Gasteiger partial charge in [0.15, 0.2) is 0 Å². The molecule has 2 aliphatic rings. The van der Waals surface area contributed by atoms with E-state index in [1.54, 1.807) is 6.92 Å². The second-order valence-corrected chi connectivity index (χ2v) is 9.20. The third-order valence-corrected chi connectivity index (χ3v) is 6.70. The van der Waals surface area contributed by atoms with Crippen LogP contribution >= 0.6 is 0 Å². The van der Waals surface area contributed by atoms with Gasteiger partial charge in [-0.3, -0.25) is 19.3 Å². The number of hydrogen-bond donors (Lipinski definition) is 5. The number of amides is 5. The maximum absolute atomic E-state index is 14.6. The van der Waals surface area contributed by atoms with Crippen LogP contribution in [0.15, 0.2) is 36.4 Å². The maximum atomic E-state index is 14.6. The molecule has 2 aliphatic heterocycles. The van der Waals surface area contributed by atoms with Crippen LogP contribution in [0.4, 0.5) is 9.18 Å². The molecule has 0 saturated carbocycles. The smallest absolute Gasteiger partial charge is 0.534 e. The Kier molecular flexibility index (Phi) is 8.23. The van der Waals surface area contributed by atoms with Gasteiger partial charge in [0.2, 0.25) is 5.91 Å². The highest BCUT2D eigenvalue weighted by Crippen LogP contribution is 2.30. The summed E-state index contributed by atoms with van der Waals surface area (Å²) in [6.07, 6.45) is -0.0810. The SMILES string of the molecule is CCN1CCN(C(=O)NC(C(=O)N[C@H]2Cc3cccc(C(=O)O)c3OB2O)c2ccc(C(=O)O)c(F)c2)C(=O)C1=O. The number of likely N-dealkylation sites (N-methyl/N-ethyl adjacent to an activating group) is 1. The van der Waals surface area contributed by atoms with E-state index >= 15 is 0 Å². The van der Waals surface area contributed by atoms with Crippen LogP contribution in [0.25, 0.3) is 0 Å². The van der Waals surface area contributed by atoms with E-state index in [-0.39, 0.29) is 42.9 Å². The van der Waals surface area contributed by atoms with Gasteiger partial charge in [-0.15, -0.1) is 0 Å². The number of nitrogens with one attached hydrogen (secondary N) is 2. The molecular formula is C25H24BFN4O10. The molecule has 4 rings (SSSR count). The Labute approximate surface area is 231 Å². The molecule has 0 bridgehead atoms. The van der Waals surface area contributed by atoms with E-state index in [2.05, 4.69) is 10.6 Å². The van der Waals surface area contributed by atoms with E-state index in [0.717, 1.165) is 18.2 Å². The number of urea groups is 1. The Bertz CT molecular complexity index is 1450. The molecule has 2 aromatic carbocycles. The standard InChI is InChI=1S/C25H24BFN4O10/c1-2-30-8-9-31(22(34)21(30)33)25(39)29-18(12-6-7-14(23(35)36)16(27)10-12)20(32)28-17-11-13-4-3-5-15(24(37)38)19(13)41-26(17)40/h3-7,10,17-18,40H,2,8-9,11H2,1H3,(H,28,32)(H,29,39)(H,35,36)(H,37,38)/t17-,18?/m0/s1. The third-order valence-electron chi connectivity index (χ3n) is 6.70. The zero-order chi connectivity index (χ0) is 30.0. The molecule has 14 nitrogen and oxygen atoms in total. The molecule has 2 heterocycles. The van der Waals surface area contributed by atoms with Crippen LogP contribution in [0, 0.1) is 5.82 Å². The van der Waals surface area contributed by atoms with Gasteiger partial charge in [-0.05, 0) is 42.7 Å². The highest BCUT2D eigenvalue weighted by molar-refractivity contribution is 6.47. The van der Waals surface area contributed by atoms with Gasteiger partial charge in [0, 0.05) is 19.6 Å². The van der Waals surface area contributed by atoms with Gasteiger partial charge in [-0.2, -0.15) is 0 Å². The summed E-state index contributed by atoms with van der Waals surface area (Å²) < 4.78 is 19.9. The van der Waals surface area contributed by atoms with Gasteiger partial charge in [0.05, 0.1) is 17.1 Å². The van der Waals surface area contributed by atoms with Crippen molar-refractivity contribution >= 4 is 42.8 Å². The summed E-state index contributed by atoms with van der Waals surface area (Å²) in [6.45, 7) is 1.77. The predicted octanol–water partition coefficient (Wildman–Crippen LogP) is -0.197. The lowest BCUT2D eigenvalue weighted by Gasteiger charge is -2.33. The molecule has 0 radical (unpaired) electrons. The lowest BCUT2D eigenvalue weighted by atomic mass is 9.72. The molecule has 5 amide bonds. The van der Waals surface area contributed by atoms with E-state index in [4.69, 9.17) is 9.76 Å². The van der Waals surface area contributed by atoms with Gasteiger partial charge in [-0.1, -0.05) is 18.2 Å². The number of carbonyl (C=O) groups excluding carboxylic acids is 4. The number of carboxylic acid groups (broad SMARTS) is 2. The maximum Gasteiger partial charge on any atom is 0.547 e. The summed E-state index contributed by atoms with van der Waals surface area (Å²) in [5, 5.41) is 33.8. The van der Waals surface area contributed by atoms with Crippen LogP contribution in [0.2, 0.25) is 0 Å². The van der Waals surface area contributed by atoms with E-state index in [1.165, 1.54) is 23.1 Å². The van der Waals surface area contributed by atoms with Crippen molar-refractivity contribution in [2.24, 2.45) is 0 Å². The molecule has 0 aromatic heterocycles. The molecule has 2 aromatic rings. The fourth-order valence-electron chi connectivity index (χ4n) is 4.54. The number of nitrogens with zero attached hydrogens (tertiary/aromatic N) is 2. The number of carbonyl (C=O) groups is 6. The number of rotatable bonds is 7. The quantitative estimate of drug-likeness (QED) is 0.219. The van der Waals surface area contributed by atoms with Crippen molar-refractivity contribution in [3.05, 3.63) is 64.5 Å². The molecule has 5 N–H and O–H groups in total. The Morgan fingerprint density at radius 2 is 1.78 bits per heavy atom. The van der Waals surface area contributed by atoms with Gasteiger partial charge < -0.3 is 35.4 Å². The number of piperazine rings is 1. The molecule has 1 fully saturated rings. The lowest BCUT2D eigenvalue weighted by molar-refractivity contribution is -0.153. The van der Waals surface area contributed by atoms with E-state index in [1.807, 2.05) is 0 Å². The minimum atomic E-state index is -1.72. The Morgan fingerprint density at radius 3 is 2.41 bits per heavy atom. The zero-order valence-corrected chi connectivity index (χ0v) is 21.5. The molecule has 1 unspecified atom stereocenters. The number of imide groups is 1. The number of halogens is 1. The van der Waals surface area contributed by atoms with Crippen molar-refractivity contribution in [1.82, 2.24) is 20.4 Å². The van der Waals surface area contributed by atoms with E-state index < -0.39 is 66.2 Å². The summed E-state index contributed by atoms with van der Waals surface area (Å²) in [4.78, 5) is 75.8. The van der Waals surface area contributed by atoms with Crippen molar-refractivity contribution in [2.75, 3.05) is 19.6 Å². The van der Waals surface area contributed by atoms with Gasteiger partial charge in [0.25, 0.3) is 0 Å². The van der Waals surface area contributed by atoms with Crippen molar-refractivity contribution in [3.63, 3.8) is 0 Å². The minimum absolute atomic E-state index is 0.0522. The average molecular weight is 570 g/mol. The predicted molar refractivity (Wildman–Crippen MR) is 136 cm³/mol.